The van der Waals surface area contributed by atoms with Crippen molar-refractivity contribution in [3.8, 4) is 0 Å². The molecule has 0 aliphatic carbocycles. The van der Waals surface area contributed by atoms with E-state index in [0.29, 0.717) is 19.3 Å². The number of unbranched alkanes of at least 4 members (excludes halogenated alkanes) is 27. The Morgan fingerprint density at radius 3 is 0.935 bits per heavy atom. The maximum absolute atomic E-state index is 12.9. The van der Waals surface area contributed by atoms with Crippen molar-refractivity contribution < 1.29 is 75.8 Å². The van der Waals surface area contributed by atoms with Crippen LogP contribution < -0.4 is 0 Å². The number of ether oxygens (including phenoxy) is 3. The van der Waals surface area contributed by atoms with Gasteiger partial charge in [-0.3, -0.25) is 32.5 Å². The summed E-state index contributed by atoms with van der Waals surface area (Å²) in [5.74, 6) is -1.61. The Hall–Kier alpha value is -3.79. The van der Waals surface area contributed by atoms with Gasteiger partial charge in [0.15, 0.2) is 6.10 Å². The molecule has 0 amide bonds. The van der Waals surface area contributed by atoms with Crippen LogP contribution in [0, 0.1) is 0 Å². The van der Waals surface area contributed by atoms with Crippen molar-refractivity contribution in [1.29, 1.82) is 0 Å². The second kappa shape index (κ2) is 68.2. The van der Waals surface area contributed by atoms with Crippen molar-refractivity contribution in [1.82, 2.24) is 0 Å². The number of aliphatic hydroxyl groups is 2. The van der Waals surface area contributed by atoms with Crippen LogP contribution in [-0.4, -0.2) is 95.9 Å². The Balaban J connectivity index is 4.59. The predicted octanol–water partition coefficient (Wildman–Crippen LogP) is 20.4. The molecule has 0 saturated heterocycles. The van der Waals surface area contributed by atoms with E-state index in [0.717, 1.165) is 128 Å². The van der Waals surface area contributed by atoms with Gasteiger partial charge in [-0.15, -0.1) is 0 Å². The number of aliphatic hydroxyl groups excluding tert-OH is 2. The highest BCUT2D eigenvalue weighted by Crippen LogP contribution is 2.45. The van der Waals surface area contributed by atoms with Crippen molar-refractivity contribution >= 4 is 33.6 Å². The molecule has 0 aromatic heterocycles. The molecule has 5 unspecified atom stereocenters. The lowest BCUT2D eigenvalue weighted by Gasteiger charge is -2.21. The molecule has 18 heteroatoms. The van der Waals surface area contributed by atoms with E-state index in [9.17, 15) is 43.5 Å². The monoisotopic (exact) mass is 1350 g/mol. The molecule has 0 spiro atoms. The van der Waals surface area contributed by atoms with Gasteiger partial charge < -0.3 is 34.2 Å². The molecule has 0 rings (SSSR count). The number of carbonyl (C=O) groups excluding carboxylic acids is 3. The number of phosphoric ester groups is 2. The van der Waals surface area contributed by atoms with Crippen molar-refractivity contribution in [3.05, 3.63) is 109 Å². The van der Waals surface area contributed by atoms with E-state index < -0.39 is 91.5 Å². The van der Waals surface area contributed by atoms with Crippen LogP contribution in [0.1, 0.15) is 290 Å². The van der Waals surface area contributed by atoms with Gasteiger partial charge in [0.25, 0.3) is 0 Å². The highest BCUT2D eigenvalue weighted by Gasteiger charge is 2.29. The average molecular weight is 1350 g/mol. The fourth-order valence-corrected chi connectivity index (χ4v) is 11.0. The summed E-state index contributed by atoms with van der Waals surface area (Å²) in [5.41, 5.74) is 0. The van der Waals surface area contributed by atoms with E-state index >= 15 is 0 Å². The Labute approximate surface area is 564 Å². The number of hydrogen-bond donors (Lipinski definition) is 4. The number of rotatable bonds is 68. The van der Waals surface area contributed by atoms with Crippen LogP contribution >= 0.6 is 15.6 Å². The van der Waals surface area contributed by atoms with E-state index in [4.69, 9.17) is 32.3 Å². The maximum atomic E-state index is 12.9. The fourth-order valence-electron chi connectivity index (χ4n) is 9.46. The van der Waals surface area contributed by atoms with Crippen molar-refractivity contribution in [2.24, 2.45) is 0 Å². The minimum Gasteiger partial charge on any atom is -0.463 e. The summed E-state index contributed by atoms with van der Waals surface area (Å²) in [4.78, 5) is 58.4. The van der Waals surface area contributed by atoms with Crippen molar-refractivity contribution in [2.75, 3.05) is 39.6 Å². The maximum Gasteiger partial charge on any atom is 0.472 e. The van der Waals surface area contributed by atoms with Crippen LogP contribution in [0.4, 0.5) is 0 Å². The molecule has 0 aromatic rings. The van der Waals surface area contributed by atoms with Gasteiger partial charge in [0.05, 0.1) is 26.4 Å². The first-order valence-electron chi connectivity index (χ1n) is 36.2. The molecule has 536 valence electrons. The molecule has 0 aliphatic rings. The van der Waals surface area contributed by atoms with Gasteiger partial charge in [-0.2, -0.15) is 0 Å². The second-order valence-electron chi connectivity index (χ2n) is 24.0. The molecule has 0 bridgehead atoms. The van der Waals surface area contributed by atoms with Crippen LogP contribution in [0.15, 0.2) is 109 Å². The number of hydrogen-bond acceptors (Lipinski definition) is 14. The molecule has 5 atom stereocenters. The molecule has 93 heavy (non-hydrogen) atoms. The number of phosphoric acid groups is 2. The lowest BCUT2D eigenvalue weighted by atomic mass is 10.0. The number of esters is 3. The molecule has 0 heterocycles. The SMILES string of the molecule is CC/C=C\C/C=C\C/C=C\C/C=C\C/C=C\CCCCCC(=O)OCC(COP(=O)(O)OCC(O)COP(=O)(O)OCC(O)COC(=O)CCCCCCCCCCC/C=C\C/C=C\C/C=C\C/C=C\CCCCC)OC(=O)CCCCCCCCCCCCCCC. The summed E-state index contributed by atoms with van der Waals surface area (Å²) in [6.07, 6.45) is 77.1. The van der Waals surface area contributed by atoms with E-state index in [1.807, 2.05) is 0 Å². The summed E-state index contributed by atoms with van der Waals surface area (Å²) < 4.78 is 60.9. The summed E-state index contributed by atoms with van der Waals surface area (Å²) in [6.45, 7) is 2.49. The van der Waals surface area contributed by atoms with Gasteiger partial charge in [0, 0.05) is 19.3 Å². The highest BCUT2D eigenvalue weighted by atomic mass is 31.2. The van der Waals surface area contributed by atoms with Crippen LogP contribution in [0.2, 0.25) is 0 Å². The third-order valence-corrected chi connectivity index (χ3v) is 16.9. The highest BCUT2D eigenvalue weighted by molar-refractivity contribution is 7.47. The second-order valence-corrected chi connectivity index (χ2v) is 26.9. The third kappa shape index (κ3) is 69.4. The van der Waals surface area contributed by atoms with Gasteiger partial charge >= 0.3 is 33.6 Å². The minimum absolute atomic E-state index is 0.0982. The summed E-state index contributed by atoms with van der Waals surface area (Å²) in [7, 11) is -9.79. The van der Waals surface area contributed by atoms with Crippen molar-refractivity contribution in [2.45, 2.75) is 309 Å². The van der Waals surface area contributed by atoms with E-state index in [1.54, 1.807) is 0 Å². The normalized spacial score (nSPS) is 14.8. The first kappa shape index (κ1) is 89.2. The van der Waals surface area contributed by atoms with Gasteiger partial charge in [-0.05, 0) is 109 Å². The quantitative estimate of drug-likeness (QED) is 0.0146. The molecule has 0 radical (unpaired) electrons. The minimum atomic E-state index is -4.93. The molecule has 16 nitrogen and oxygen atoms in total. The standard InChI is InChI=1S/C75H130O16P2/c1-4-7-10-13-16-19-22-25-27-29-31-32-33-34-35-36-38-40-41-44-46-49-52-55-58-61-73(78)85-64-70(76)65-87-92(81,82)88-66-71(77)67-89-93(83,84)90-69-72(91-75(80)63-60-57-54-51-48-43-24-21-18-15-12-9-6-3)68-86-74(79)62-59-56-53-50-47-45-42-39-37-30-28-26-23-20-17-14-11-8-5-2/h8,11,16-17,19-20,25-28,31-32,34-35,37,39,45,47,70-72,76-77H,4-7,9-10,12-15,18,21-24,29-30,33,36,38,40-44,46,48-69H2,1-3H3,(H,81,82)(H,83,84)/b11-8-,19-16-,20-17-,27-25-,28-26-,32-31-,35-34-,39-37-,47-45-. The van der Waals surface area contributed by atoms with Gasteiger partial charge in [-0.1, -0.05) is 271 Å². The van der Waals surface area contributed by atoms with Crippen LogP contribution in [0.3, 0.4) is 0 Å². The first-order valence-corrected chi connectivity index (χ1v) is 39.2. The third-order valence-electron chi connectivity index (χ3n) is 15.0. The fraction of sp³-hybridized carbons (Fsp3) is 0.720. The van der Waals surface area contributed by atoms with Crippen LogP contribution in [0.5, 0.6) is 0 Å². The zero-order valence-electron chi connectivity index (χ0n) is 58.1. The lowest BCUT2D eigenvalue weighted by Crippen LogP contribution is -2.30. The molecule has 0 saturated carbocycles. The lowest BCUT2D eigenvalue weighted by molar-refractivity contribution is -0.161. The first-order chi connectivity index (χ1) is 45.2. The molecular formula is C75H130O16P2. The van der Waals surface area contributed by atoms with Crippen LogP contribution in [0.25, 0.3) is 0 Å². The van der Waals surface area contributed by atoms with E-state index in [2.05, 4.69) is 130 Å². The Bertz CT molecular complexity index is 2130. The number of carbonyl (C=O) groups is 3. The summed E-state index contributed by atoms with van der Waals surface area (Å²) in [6, 6.07) is 0. The summed E-state index contributed by atoms with van der Waals surface area (Å²) >= 11 is 0. The average Bonchev–Trinajstić information content (AvgIpc) is 3.74. The molecule has 0 aliphatic heterocycles. The Morgan fingerprint density at radius 2 is 0.570 bits per heavy atom. The topological polar surface area (TPSA) is 231 Å². The Kier molecular flexibility index (Phi) is 65.4. The Morgan fingerprint density at radius 1 is 0.312 bits per heavy atom. The largest absolute Gasteiger partial charge is 0.472 e. The van der Waals surface area contributed by atoms with Crippen molar-refractivity contribution in [3.63, 3.8) is 0 Å². The zero-order chi connectivity index (χ0) is 68.1. The molecule has 0 aromatic carbocycles. The van der Waals surface area contributed by atoms with E-state index in [1.165, 1.54) is 103 Å². The molecular weight excluding hydrogens is 1220 g/mol. The zero-order valence-corrected chi connectivity index (χ0v) is 59.9. The van der Waals surface area contributed by atoms with Gasteiger partial charge in [0.2, 0.25) is 0 Å². The van der Waals surface area contributed by atoms with Gasteiger partial charge in [0.1, 0.15) is 25.4 Å². The summed E-state index contributed by atoms with van der Waals surface area (Å²) in [5, 5.41) is 20.6. The van der Waals surface area contributed by atoms with Crippen LogP contribution in [-0.2, 0) is 55.8 Å². The number of allylic oxidation sites excluding steroid dienone is 18. The van der Waals surface area contributed by atoms with E-state index in [-0.39, 0.29) is 19.3 Å². The molecule has 0 fully saturated rings. The predicted molar refractivity (Wildman–Crippen MR) is 380 cm³/mol. The van der Waals surface area contributed by atoms with Gasteiger partial charge in [-0.25, -0.2) is 9.13 Å². The smallest absolute Gasteiger partial charge is 0.463 e. The molecule has 4 N–H and O–H groups in total.